The van der Waals surface area contributed by atoms with Crippen molar-refractivity contribution in [1.82, 2.24) is 35.1 Å². The highest BCUT2D eigenvalue weighted by Crippen LogP contribution is 2.32. The van der Waals surface area contributed by atoms with E-state index >= 15 is 0 Å². The van der Waals surface area contributed by atoms with Gasteiger partial charge in [-0.3, -0.25) is 33.6 Å². The van der Waals surface area contributed by atoms with Crippen molar-refractivity contribution in [1.29, 1.82) is 0 Å². The molecule has 0 unspecified atom stereocenters. The molecule has 0 spiro atoms. The van der Waals surface area contributed by atoms with E-state index in [1.807, 2.05) is 41.3 Å². The molecule has 0 radical (unpaired) electrons. The van der Waals surface area contributed by atoms with E-state index in [4.69, 9.17) is 23.7 Å². The molecule has 5 atom stereocenters. The SMILES string of the molecule is COc1ccc(CC[C@H]2OC(=O)[C@@H]3CN(C)CCN3C(=O)C(=O)C(C)(C)COC(=O)C=CCCCN(C)C(=O)[C@@H](Cc3ccccc3)NC(=O)CN(C)C(=O)[C@@H](Cc3ccccc3)NC(=O)[C@H](Cc3ccc(O)cc3)N(C)C(=O)COc3cccc2c3)cc1OC. The summed E-state index contributed by atoms with van der Waals surface area (Å²) in [7, 11) is 9.25. The van der Waals surface area contributed by atoms with Gasteiger partial charge in [-0.05, 0) is 111 Å². The summed E-state index contributed by atoms with van der Waals surface area (Å²) in [6.07, 6.45) is 3.10. The smallest absolute Gasteiger partial charge is 0.330 e. The number of amides is 6. The lowest BCUT2D eigenvalue weighted by Gasteiger charge is -2.39. The van der Waals surface area contributed by atoms with Gasteiger partial charge in [0, 0.05) is 72.7 Å². The Morgan fingerprint density at radius 3 is 1.93 bits per heavy atom. The lowest BCUT2D eigenvalue weighted by Crippen LogP contribution is -2.60. The minimum atomic E-state index is -1.52. The number of Topliss-reactive ketones (excluding diaryl/α,β-unsaturated/α-hetero) is 1. The number of fused-ring (bicyclic) bond motifs is 3. The number of carbonyl (C=O) groups excluding carboxylic acids is 9. The standard InChI is InChI=1S/C69H83N7O15/c1-69(2)45-90-62(80)25-16-11-17-34-73(4)65(83)53(37-46-19-12-9-13-20-46)70-60(78)43-74(5)66(84)54(38-47-21-14-10-15-22-47)71-64(82)55(39-48-26-30-51(77)31-27-48)75(6)61(79)44-89-52-24-18-23-50(41-52)57(32-28-49-29-33-58(87-7)59(40-49)88-8)91-68(86)56-42-72(3)35-36-76(56)67(85)63(69)81/h9-10,12-16,18-27,29-31,33,40-41,53-57,77H,11,17,28,32,34-39,42-45H2,1-8H3,(H,70,78)(H,71,82)/t53-,54-,55+,56+,57-/m1/s1. The largest absolute Gasteiger partial charge is 0.508 e. The Balaban J connectivity index is 1.22. The van der Waals surface area contributed by atoms with E-state index < -0.39 is 109 Å². The fourth-order valence-electron chi connectivity index (χ4n) is 10.7. The maximum Gasteiger partial charge on any atom is 0.330 e. The molecule has 0 aromatic heterocycles. The van der Waals surface area contributed by atoms with Crippen molar-refractivity contribution in [3.8, 4) is 23.0 Å². The number of nitrogens with zero attached hydrogens (tertiary/aromatic N) is 5. The highest BCUT2D eigenvalue weighted by atomic mass is 16.5. The Kier molecular flexibility index (Phi) is 24.8. The number of phenolic OH excluding ortho intramolecular Hbond substituents is 1. The van der Waals surface area contributed by atoms with Crippen LogP contribution in [0, 0.1) is 5.41 Å². The van der Waals surface area contributed by atoms with E-state index in [1.165, 1.54) is 75.1 Å². The van der Waals surface area contributed by atoms with Gasteiger partial charge in [-0.25, -0.2) is 9.59 Å². The molecule has 2 bridgehead atoms. The third-order valence-corrected chi connectivity index (χ3v) is 16.1. The number of ether oxygens (including phenoxy) is 5. The zero-order valence-corrected chi connectivity index (χ0v) is 53.0. The topological polar surface area (TPSA) is 260 Å². The zero-order valence-electron chi connectivity index (χ0n) is 53.0. The average Bonchev–Trinajstić information content (AvgIpc) is 1.83. The van der Waals surface area contributed by atoms with Crippen molar-refractivity contribution >= 4 is 53.2 Å². The third kappa shape index (κ3) is 19.7. The molecular formula is C69H83N7O15. The number of aryl methyl sites for hydroxylation is 1. The van der Waals surface area contributed by atoms with Crippen LogP contribution in [0.2, 0.25) is 0 Å². The van der Waals surface area contributed by atoms with Gasteiger partial charge < -0.3 is 63.9 Å². The van der Waals surface area contributed by atoms with Gasteiger partial charge in [-0.15, -0.1) is 0 Å². The highest BCUT2D eigenvalue weighted by Gasteiger charge is 2.44. The monoisotopic (exact) mass is 1250 g/mol. The maximum absolute atomic E-state index is 14.9. The molecule has 1 saturated heterocycles. The number of piperazine rings is 1. The first-order valence-electron chi connectivity index (χ1n) is 30.3. The quantitative estimate of drug-likeness (QED) is 0.115. The molecule has 7 rings (SSSR count). The summed E-state index contributed by atoms with van der Waals surface area (Å²) < 4.78 is 29.1. The molecule has 0 saturated carbocycles. The summed E-state index contributed by atoms with van der Waals surface area (Å²) in [4.78, 5) is 135. The van der Waals surface area contributed by atoms with Crippen LogP contribution in [0.3, 0.4) is 0 Å². The van der Waals surface area contributed by atoms with Crippen molar-refractivity contribution in [3.05, 3.63) is 167 Å². The van der Waals surface area contributed by atoms with Crippen LogP contribution in [-0.2, 0) is 78.3 Å². The molecule has 2 heterocycles. The number of likely N-dealkylation sites (N-methyl/N-ethyl adjacent to an activating group) is 4. The lowest BCUT2D eigenvalue weighted by atomic mass is 9.87. The number of aromatic hydroxyl groups is 1. The second-order valence-corrected chi connectivity index (χ2v) is 23.6. The molecule has 0 aliphatic carbocycles. The van der Waals surface area contributed by atoms with Crippen LogP contribution in [0.15, 0.2) is 140 Å². The van der Waals surface area contributed by atoms with Gasteiger partial charge in [0.1, 0.15) is 48.4 Å². The van der Waals surface area contributed by atoms with Gasteiger partial charge in [0.15, 0.2) is 18.1 Å². The van der Waals surface area contributed by atoms with Crippen molar-refractivity contribution in [2.24, 2.45) is 5.41 Å². The third-order valence-electron chi connectivity index (χ3n) is 16.1. The molecule has 6 amide bonds. The van der Waals surface area contributed by atoms with Gasteiger partial charge >= 0.3 is 11.9 Å². The Morgan fingerprint density at radius 1 is 0.648 bits per heavy atom. The van der Waals surface area contributed by atoms with Crippen LogP contribution in [0.1, 0.15) is 67.0 Å². The minimum Gasteiger partial charge on any atom is -0.508 e. The number of rotatable bonds is 11. The molecule has 91 heavy (non-hydrogen) atoms. The van der Waals surface area contributed by atoms with Gasteiger partial charge in [-0.2, -0.15) is 0 Å². The molecule has 5 aromatic rings. The van der Waals surface area contributed by atoms with Gasteiger partial charge in [0.25, 0.3) is 11.8 Å². The van der Waals surface area contributed by atoms with Gasteiger partial charge in [0.05, 0.1) is 26.2 Å². The van der Waals surface area contributed by atoms with Crippen LogP contribution in [-0.4, -0.2) is 195 Å². The van der Waals surface area contributed by atoms with E-state index in [-0.39, 0.29) is 56.8 Å². The van der Waals surface area contributed by atoms with Crippen LogP contribution >= 0.6 is 0 Å². The second-order valence-electron chi connectivity index (χ2n) is 23.6. The number of esters is 2. The molecule has 2 aliphatic rings. The van der Waals surface area contributed by atoms with Crippen LogP contribution in [0.4, 0.5) is 0 Å². The molecule has 1 fully saturated rings. The first kappa shape index (κ1) is 68.9. The van der Waals surface area contributed by atoms with Crippen molar-refractivity contribution in [2.45, 2.75) is 89.1 Å². The molecule has 3 N–H and O–H groups in total. The summed E-state index contributed by atoms with van der Waals surface area (Å²) in [5.41, 5.74) is 1.77. The van der Waals surface area contributed by atoms with Gasteiger partial charge in [-0.1, -0.05) is 97.1 Å². The summed E-state index contributed by atoms with van der Waals surface area (Å²) in [6.45, 7) is 1.99. The van der Waals surface area contributed by atoms with Crippen molar-refractivity contribution in [2.75, 3.05) is 88.3 Å². The number of ketones is 1. The fourth-order valence-corrected chi connectivity index (χ4v) is 10.7. The minimum absolute atomic E-state index is 0.00581. The van der Waals surface area contributed by atoms with Gasteiger partial charge in [0.2, 0.25) is 29.4 Å². The lowest BCUT2D eigenvalue weighted by molar-refractivity contribution is -0.166. The van der Waals surface area contributed by atoms with E-state index in [0.29, 0.717) is 54.0 Å². The second kappa shape index (κ2) is 32.8. The Hall–Kier alpha value is -9.57. The van der Waals surface area contributed by atoms with E-state index in [2.05, 4.69) is 10.6 Å². The number of allylic oxidation sites excluding steroid dienone is 1. The number of nitrogens with one attached hydrogen (secondary N) is 2. The first-order chi connectivity index (χ1) is 43.5. The van der Waals surface area contributed by atoms with Crippen molar-refractivity contribution < 1.29 is 71.9 Å². The maximum atomic E-state index is 14.9. The number of benzene rings is 5. The van der Waals surface area contributed by atoms with E-state index in [9.17, 15) is 48.3 Å². The summed E-state index contributed by atoms with van der Waals surface area (Å²) in [5, 5.41) is 15.9. The zero-order chi connectivity index (χ0) is 65.8. The Morgan fingerprint density at radius 2 is 1.27 bits per heavy atom. The number of cyclic esters (lactones) is 2. The molecule has 22 heteroatoms. The molecule has 5 aromatic carbocycles. The average molecular weight is 1250 g/mol. The summed E-state index contributed by atoms with van der Waals surface area (Å²) in [6, 6.07) is 31.3. The predicted molar refractivity (Wildman–Crippen MR) is 338 cm³/mol. The molecule has 2 aliphatic heterocycles. The van der Waals surface area contributed by atoms with E-state index in [1.54, 1.807) is 99.0 Å². The Bertz CT molecular complexity index is 3380. The fraction of sp³-hybridized carbons (Fsp3) is 0.406. The summed E-state index contributed by atoms with van der Waals surface area (Å²) in [5.74, 6) is -5.29. The number of hydrogen-bond donors (Lipinski definition) is 3. The number of phenols is 1. The first-order valence-corrected chi connectivity index (χ1v) is 30.3. The normalized spacial score (nSPS) is 21.3. The number of methoxy groups -OCH3 is 2. The van der Waals surface area contributed by atoms with Crippen molar-refractivity contribution in [3.63, 3.8) is 0 Å². The molecular weight excluding hydrogens is 1170 g/mol. The summed E-state index contributed by atoms with van der Waals surface area (Å²) >= 11 is 0. The van der Waals surface area contributed by atoms with E-state index in [0.717, 1.165) is 16.0 Å². The van der Waals surface area contributed by atoms with Crippen LogP contribution in [0.25, 0.3) is 0 Å². The number of hydrogen-bond acceptors (Lipinski definition) is 16. The molecule has 22 nitrogen and oxygen atoms in total. The molecule has 484 valence electrons. The Labute approximate surface area is 531 Å². The predicted octanol–water partition coefficient (Wildman–Crippen LogP) is 5.08. The highest BCUT2D eigenvalue weighted by molar-refractivity contribution is 6.38. The van der Waals surface area contributed by atoms with Crippen LogP contribution in [0.5, 0.6) is 23.0 Å². The number of carbonyl (C=O) groups is 9. The van der Waals surface area contributed by atoms with Crippen LogP contribution < -0.4 is 24.8 Å².